The Morgan fingerprint density at radius 1 is 1.00 bits per heavy atom. The maximum absolute atomic E-state index is 15.4. The minimum atomic E-state index is -0.808. The highest BCUT2D eigenvalue weighted by atomic mass is 19.1. The van der Waals surface area contributed by atoms with Crippen molar-refractivity contribution in [1.29, 1.82) is 0 Å². The molecule has 6 rings (SSSR count). The van der Waals surface area contributed by atoms with Crippen LogP contribution in [0.2, 0.25) is 0 Å². The summed E-state index contributed by atoms with van der Waals surface area (Å²) in [5.41, 5.74) is 3.05. The lowest BCUT2D eigenvalue weighted by atomic mass is 9.99. The monoisotopic (exact) mass is 475 g/mol. The van der Waals surface area contributed by atoms with Gasteiger partial charge in [0.05, 0.1) is 42.4 Å². The summed E-state index contributed by atoms with van der Waals surface area (Å²) < 4.78 is 42.7. The Labute approximate surface area is 197 Å². The Morgan fingerprint density at radius 2 is 1.71 bits per heavy atom. The molecule has 1 fully saturated rings. The third-order valence-corrected chi connectivity index (χ3v) is 5.97. The van der Waals surface area contributed by atoms with Gasteiger partial charge in [-0.2, -0.15) is 4.98 Å². The fourth-order valence-electron chi connectivity index (χ4n) is 4.14. The number of H-pyrrole nitrogens is 1. The van der Waals surface area contributed by atoms with E-state index in [4.69, 9.17) is 9.47 Å². The van der Waals surface area contributed by atoms with E-state index in [0.29, 0.717) is 5.56 Å². The smallest absolute Gasteiger partial charge is 0.295 e. The van der Waals surface area contributed by atoms with Crippen LogP contribution in [0.1, 0.15) is 0 Å². The normalized spacial score (nSPS) is 17.8. The molecule has 35 heavy (non-hydrogen) atoms. The lowest BCUT2D eigenvalue weighted by Gasteiger charge is -2.12. The molecule has 0 spiro atoms. The zero-order valence-corrected chi connectivity index (χ0v) is 18.2. The van der Waals surface area contributed by atoms with E-state index in [-0.39, 0.29) is 35.8 Å². The second kappa shape index (κ2) is 8.57. The van der Waals surface area contributed by atoms with Crippen molar-refractivity contribution in [1.82, 2.24) is 25.0 Å². The summed E-state index contributed by atoms with van der Waals surface area (Å²) in [5, 5.41) is 17.6. The maximum atomic E-state index is 15.4. The molecule has 0 amide bonds. The average Bonchev–Trinajstić information content (AvgIpc) is 3.62. The molecule has 1 aliphatic heterocycles. The number of aromatic nitrogens is 5. The Bertz CT molecular complexity index is 1480. The molecular formula is C25H19F2N5O3. The van der Waals surface area contributed by atoms with Gasteiger partial charge in [-0.05, 0) is 28.8 Å². The second-order valence-corrected chi connectivity index (χ2v) is 8.22. The molecule has 2 N–H and O–H groups in total. The summed E-state index contributed by atoms with van der Waals surface area (Å²) in [6.07, 6.45) is 1.93. The number of imidazole rings is 1. The fraction of sp³-hybridized carbons (Fsp3) is 0.160. The largest absolute Gasteiger partial charge is 0.456 e. The van der Waals surface area contributed by atoms with Crippen LogP contribution in [0.5, 0.6) is 6.01 Å². The van der Waals surface area contributed by atoms with Crippen LogP contribution in [-0.4, -0.2) is 55.5 Å². The molecule has 3 heterocycles. The van der Waals surface area contributed by atoms with E-state index >= 15 is 4.39 Å². The minimum absolute atomic E-state index is 0.00492. The Morgan fingerprint density at radius 3 is 2.37 bits per heavy atom. The van der Waals surface area contributed by atoms with Gasteiger partial charge in [-0.15, -0.1) is 5.10 Å². The standard InChI is InChI=1S/C25H19F2N5O3/c26-18-11-19-24(30-25(29-19)35-21-13-34-12-20(21)33)23(27)22(18)16-3-1-14(2-4-16)15-5-7-17(8-6-15)32-10-9-28-31-32/h1-11,20-21,33H,12-13H2,(H,29,30)/t20?,21-/m1/s1. The number of benzene rings is 3. The van der Waals surface area contributed by atoms with Gasteiger partial charge in [0.2, 0.25) is 0 Å². The second-order valence-electron chi connectivity index (χ2n) is 8.22. The molecule has 0 bridgehead atoms. The van der Waals surface area contributed by atoms with Gasteiger partial charge in [0.15, 0.2) is 11.9 Å². The van der Waals surface area contributed by atoms with Crippen molar-refractivity contribution in [3.8, 4) is 34.0 Å². The molecular weight excluding hydrogens is 456 g/mol. The number of halogens is 2. The molecule has 1 aliphatic rings. The van der Waals surface area contributed by atoms with Crippen molar-refractivity contribution in [3.05, 3.63) is 78.6 Å². The topological polar surface area (TPSA) is 98.1 Å². The summed E-state index contributed by atoms with van der Waals surface area (Å²) in [5.74, 6) is -1.52. The molecule has 2 atom stereocenters. The van der Waals surface area contributed by atoms with Crippen molar-refractivity contribution < 1.29 is 23.4 Å². The van der Waals surface area contributed by atoms with Gasteiger partial charge < -0.3 is 19.6 Å². The lowest BCUT2D eigenvalue weighted by Crippen LogP contribution is -2.30. The molecule has 176 valence electrons. The van der Waals surface area contributed by atoms with E-state index in [1.165, 1.54) is 6.07 Å². The van der Waals surface area contributed by atoms with Crippen molar-refractivity contribution >= 4 is 11.0 Å². The SMILES string of the molecule is OC1COC[C@H]1Oc1nc2c(F)c(-c3ccc(-c4ccc(-n5ccnn5)cc4)cc3)c(F)cc2[nH]1. The van der Waals surface area contributed by atoms with Gasteiger partial charge in [-0.25, -0.2) is 13.5 Å². The van der Waals surface area contributed by atoms with Crippen LogP contribution in [0.3, 0.4) is 0 Å². The van der Waals surface area contributed by atoms with Crippen molar-refractivity contribution in [2.45, 2.75) is 12.2 Å². The highest BCUT2D eigenvalue weighted by molar-refractivity contribution is 5.84. The molecule has 0 saturated carbocycles. The summed E-state index contributed by atoms with van der Waals surface area (Å²) >= 11 is 0. The Kier molecular flexibility index (Phi) is 5.24. The summed E-state index contributed by atoms with van der Waals surface area (Å²) in [6.45, 7) is 0.343. The van der Waals surface area contributed by atoms with Crippen molar-refractivity contribution in [3.63, 3.8) is 0 Å². The fourth-order valence-corrected chi connectivity index (χ4v) is 4.14. The highest BCUT2D eigenvalue weighted by Crippen LogP contribution is 2.33. The van der Waals surface area contributed by atoms with Crippen LogP contribution in [0.25, 0.3) is 39.0 Å². The van der Waals surface area contributed by atoms with Crippen LogP contribution in [0, 0.1) is 11.6 Å². The average molecular weight is 475 g/mol. The Balaban J connectivity index is 1.28. The molecule has 10 heteroatoms. The number of hydrogen-bond acceptors (Lipinski definition) is 6. The number of ether oxygens (including phenoxy) is 2. The first-order valence-corrected chi connectivity index (χ1v) is 10.9. The molecule has 0 radical (unpaired) electrons. The first-order chi connectivity index (χ1) is 17.1. The number of nitrogens with one attached hydrogen (secondary N) is 1. The molecule has 8 nitrogen and oxygen atoms in total. The maximum Gasteiger partial charge on any atom is 0.295 e. The quantitative estimate of drug-likeness (QED) is 0.400. The van der Waals surface area contributed by atoms with E-state index in [1.807, 2.05) is 36.4 Å². The van der Waals surface area contributed by atoms with Gasteiger partial charge >= 0.3 is 0 Å². The van der Waals surface area contributed by atoms with Crippen LogP contribution >= 0.6 is 0 Å². The number of fused-ring (bicyclic) bond motifs is 1. The van der Waals surface area contributed by atoms with Gasteiger partial charge in [0.1, 0.15) is 17.4 Å². The van der Waals surface area contributed by atoms with E-state index in [2.05, 4.69) is 20.3 Å². The third kappa shape index (κ3) is 3.92. The van der Waals surface area contributed by atoms with Crippen LogP contribution in [-0.2, 0) is 4.74 Å². The zero-order valence-electron chi connectivity index (χ0n) is 18.2. The molecule has 2 aromatic heterocycles. The number of aliphatic hydroxyl groups is 1. The van der Waals surface area contributed by atoms with Crippen molar-refractivity contribution in [2.24, 2.45) is 0 Å². The van der Waals surface area contributed by atoms with Gasteiger partial charge in [-0.1, -0.05) is 41.6 Å². The predicted molar refractivity (Wildman–Crippen MR) is 123 cm³/mol. The van der Waals surface area contributed by atoms with E-state index in [1.54, 1.807) is 29.2 Å². The minimum Gasteiger partial charge on any atom is -0.456 e. The van der Waals surface area contributed by atoms with Gasteiger partial charge in [0, 0.05) is 6.07 Å². The Hall–Kier alpha value is -4.15. The number of hydrogen-bond donors (Lipinski definition) is 2. The van der Waals surface area contributed by atoms with Crippen LogP contribution in [0.4, 0.5) is 8.78 Å². The third-order valence-electron chi connectivity index (χ3n) is 5.97. The van der Waals surface area contributed by atoms with Gasteiger partial charge in [0.25, 0.3) is 6.01 Å². The molecule has 3 aromatic carbocycles. The predicted octanol–water partition coefficient (Wildman–Crippen LogP) is 3.89. The summed E-state index contributed by atoms with van der Waals surface area (Å²) in [7, 11) is 0. The zero-order chi connectivity index (χ0) is 23.9. The summed E-state index contributed by atoms with van der Waals surface area (Å²) in [4.78, 5) is 6.89. The molecule has 1 unspecified atom stereocenters. The lowest BCUT2D eigenvalue weighted by molar-refractivity contribution is 0.0679. The van der Waals surface area contributed by atoms with E-state index < -0.39 is 23.8 Å². The number of aliphatic hydroxyl groups excluding tert-OH is 1. The highest BCUT2D eigenvalue weighted by Gasteiger charge is 2.29. The first kappa shape index (κ1) is 21.4. The van der Waals surface area contributed by atoms with E-state index in [0.717, 1.165) is 16.8 Å². The summed E-state index contributed by atoms with van der Waals surface area (Å²) in [6, 6.07) is 15.9. The van der Waals surface area contributed by atoms with Gasteiger partial charge in [-0.3, -0.25) is 0 Å². The number of rotatable bonds is 5. The van der Waals surface area contributed by atoms with Crippen LogP contribution in [0.15, 0.2) is 67.0 Å². The van der Waals surface area contributed by atoms with E-state index in [9.17, 15) is 9.50 Å². The number of nitrogens with zero attached hydrogens (tertiary/aromatic N) is 4. The van der Waals surface area contributed by atoms with Crippen LogP contribution < -0.4 is 4.74 Å². The number of aromatic amines is 1. The molecule has 0 aliphatic carbocycles. The first-order valence-electron chi connectivity index (χ1n) is 10.9. The van der Waals surface area contributed by atoms with Crippen molar-refractivity contribution in [2.75, 3.05) is 13.2 Å². The molecule has 5 aromatic rings. The molecule has 1 saturated heterocycles.